The lowest BCUT2D eigenvalue weighted by molar-refractivity contribution is -0.119. The van der Waals surface area contributed by atoms with Crippen LogP contribution in [0.15, 0.2) is 12.1 Å². The average Bonchev–Trinajstić information content (AvgIpc) is 2.31. The lowest BCUT2D eigenvalue weighted by Gasteiger charge is -2.14. The number of carbonyl (C=O) groups is 1. The average molecular weight is 242 g/mol. The first-order valence-electron chi connectivity index (χ1n) is 5.46. The van der Waals surface area contributed by atoms with Crippen LogP contribution in [0, 0.1) is 24.5 Å². The van der Waals surface area contributed by atoms with Gasteiger partial charge in [0.2, 0.25) is 5.91 Å². The summed E-state index contributed by atoms with van der Waals surface area (Å²) < 4.78 is 27.0. The van der Waals surface area contributed by atoms with Crippen molar-refractivity contribution in [3.63, 3.8) is 0 Å². The maximum atomic E-state index is 13.6. The van der Waals surface area contributed by atoms with E-state index in [1.165, 1.54) is 13.0 Å². The molecule has 1 unspecified atom stereocenters. The molecule has 0 aliphatic heterocycles. The molecule has 0 saturated carbocycles. The summed E-state index contributed by atoms with van der Waals surface area (Å²) >= 11 is 0. The molecule has 5 heteroatoms. The van der Waals surface area contributed by atoms with Gasteiger partial charge in [0.05, 0.1) is 5.92 Å². The first kappa shape index (κ1) is 13.6. The quantitative estimate of drug-likeness (QED) is 0.850. The van der Waals surface area contributed by atoms with Crippen molar-refractivity contribution >= 4 is 11.6 Å². The van der Waals surface area contributed by atoms with E-state index in [1.807, 2.05) is 0 Å². The van der Waals surface area contributed by atoms with Crippen molar-refractivity contribution in [2.45, 2.75) is 20.3 Å². The van der Waals surface area contributed by atoms with Crippen molar-refractivity contribution < 1.29 is 13.6 Å². The highest BCUT2D eigenvalue weighted by molar-refractivity contribution is 5.93. The third-order valence-corrected chi connectivity index (χ3v) is 2.68. The lowest BCUT2D eigenvalue weighted by atomic mass is 10.1. The molecule has 0 spiro atoms. The largest absolute Gasteiger partial charge is 0.330 e. The van der Waals surface area contributed by atoms with Gasteiger partial charge in [0.15, 0.2) is 5.82 Å². The van der Waals surface area contributed by atoms with Crippen molar-refractivity contribution in [1.82, 2.24) is 0 Å². The maximum Gasteiger partial charge on any atom is 0.228 e. The van der Waals surface area contributed by atoms with Crippen LogP contribution in [0.1, 0.15) is 18.9 Å². The van der Waals surface area contributed by atoms with Gasteiger partial charge in [-0.3, -0.25) is 4.79 Å². The zero-order chi connectivity index (χ0) is 13.0. The van der Waals surface area contributed by atoms with Gasteiger partial charge in [0, 0.05) is 6.54 Å². The van der Waals surface area contributed by atoms with Crippen molar-refractivity contribution in [1.29, 1.82) is 0 Å². The van der Waals surface area contributed by atoms with Crippen molar-refractivity contribution in [2.75, 3.05) is 11.9 Å². The number of rotatable bonds is 4. The summed E-state index contributed by atoms with van der Waals surface area (Å²) in [7, 11) is 0. The van der Waals surface area contributed by atoms with E-state index in [2.05, 4.69) is 5.32 Å². The van der Waals surface area contributed by atoms with Crippen LogP contribution < -0.4 is 11.1 Å². The van der Waals surface area contributed by atoms with Crippen molar-refractivity contribution in [2.24, 2.45) is 11.7 Å². The van der Waals surface area contributed by atoms with Gasteiger partial charge in [-0.2, -0.15) is 0 Å². The summed E-state index contributed by atoms with van der Waals surface area (Å²) in [4.78, 5) is 11.7. The Balaban J connectivity index is 2.95. The second-order valence-electron chi connectivity index (χ2n) is 3.88. The standard InChI is InChI=1S/C12H16F2N2O/c1-3-8(6-15)12(17)16-11-9(13)5-4-7(2)10(11)14/h4-5,8H,3,6,15H2,1-2H3,(H,16,17). The number of nitrogens with two attached hydrogens (primary N) is 1. The fourth-order valence-corrected chi connectivity index (χ4v) is 1.46. The molecule has 94 valence electrons. The second kappa shape index (κ2) is 5.72. The molecule has 3 nitrogen and oxygen atoms in total. The van der Waals surface area contributed by atoms with Crippen LogP contribution in [0.3, 0.4) is 0 Å². The fraction of sp³-hybridized carbons (Fsp3) is 0.417. The normalized spacial score (nSPS) is 12.3. The maximum absolute atomic E-state index is 13.6. The van der Waals surface area contributed by atoms with E-state index in [1.54, 1.807) is 6.92 Å². The molecular formula is C12H16F2N2O. The van der Waals surface area contributed by atoms with Crippen LogP contribution >= 0.6 is 0 Å². The molecule has 1 aromatic carbocycles. The zero-order valence-electron chi connectivity index (χ0n) is 9.89. The summed E-state index contributed by atoms with van der Waals surface area (Å²) in [6, 6.07) is 2.44. The summed E-state index contributed by atoms with van der Waals surface area (Å²) in [5.41, 5.74) is 5.27. The van der Waals surface area contributed by atoms with Gasteiger partial charge < -0.3 is 11.1 Å². The topological polar surface area (TPSA) is 55.1 Å². The van der Waals surface area contributed by atoms with E-state index in [0.717, 1.165) is 6.07 Å². The van der Waals surface area contributed by atoms with Crippen LogP contribution in [0.2, 0.25) is 0 Å². The number of hydrogen-bond acceptors (Lipinski definition) is 2. The van der Waals surface area contributed by atoms with Crippen molar-refractivity contribution in [3.05, 3.63) is 29.3 Å². The number of aryl methyl sites for hydroxylation is 1. The second-order valence-corrected chi connectivity index (χ2v) is 3.88. The molecule has 0 fully saturated rings. The number of hydrogen-bond donors (Lipinski definition) is 2. The van der Waals surface area contributed by atoms with E-state index >= 15 is 0 Å². The number of halogens is 2. The third-order valence-electron chi connectivity index (χ3n) is 2.68. The monoisotopic (exact) mass is 242 g/mol. The number of amides is 1. The summed E-state index contributed by atoms with van der Waals surface area (Å²) in [6.07, 6.45) is 0.525. The van der Waals surface area contributed by atoms with Gasteiger partial charge in [-0.25, -0.2) is 8.78 Å². The minimum Gasteiger partial charge on any atom is -0.330 e. The van der Waals surface area contributed by atoms with Crippen LogP contribution in [0.25, 0.3) is 0 Å². The molecule has 1 amide bonds. The first-order valence-corrected chi connectivity index (χ1v) is 5.46. The summed E-state index contributed by atoms with van der Waals surface area (Å²) in [6.45, 7) is 3.45. The van der Waals surface area contributed by atoms with E-state index in [9.17, 15) is 13.6 Å². The molecule has 1 atom stereocenters. The van der Waals surface area contributed by atoms with Gasteiger partial charge in [-0.1, -0.05) is 13.0 Å². The molecule has 3 N–H and O–H groups in total. The van der Waals surface area contributed by atoms with E-state index in [-0.39, 0.29) is 12.1 Å². The number of carbonyl (C=O) groups excluding carboxylic acids is 1. The molecule has 0 aliphatic rings. The minimum atomic E-state index is -0.784. The summed E-state index contributed by atoms with van der Waals surface area (Å²) in [5.74, 6) is -2.42. The molecule has 0 bridgehead atoms. The summed E-state index contributed by atoms with van der Waals surface area (Å²) in [5, 5.41) is 2.25. The minimum absolute atomic E-state index is 0.150. The lowest BCUT2D eigenvalue weighted by Crippen LogP contribution is -2.29. The van der Waals surface area contributed by atoms with E-state index in [0.29, 0.717) is 6.42 Å². The number of nitrogens with one attached hydrogen (secondary N) is 1. The number of anilines is 1. The zero-order valence-corrected chi connectivity index (χ0v) is 9.89. The Bertz CT molecular complexity index is 417. The molecule has 0 heterocycles. The highest BCUT2D eigenvalue weighted by atomic mass is 19.1. The molecular weight excluding hydrogens is 226 g/mol. The van der Waals surface area contributed by atoms with Crippen molar-refractivity contribution in [3.8, 4) is 0 Å². The molecule has 0 aromatic heterocycles. The Kier molecular flexibility index (Phi) is 4.57. The Hall–Kier alpha value is -1.49. The Morgan fingerprint density at radius 1 is 1.47 bits per heavy atom. The van der Waals surface area contributed by atoms with Gasteiger partial charge in [-0.05, 0) is 25.0 Å². The number of benzene rings is 1. The SMILES string of the molecule is CCC(CN)C(=O)Nc1c(F)ccc(C)c1F. The highest BCUT2D eigenvalue weighted by Crippen LogP contribution is 2.22. The molecule has 1 rings (SSSR count). The van der Waals surface area contributed by atoms with Crippen LogP contribution in [-0.4, -0.2) is 12.5 Å². The predicted octanol–water partition coefficient (Wildman–Crippen LogP) is 2.20. The molecule has 0 saturated heterocycles. The Morgan fingerprint density at radius 3 is 2.65 bits per heavy atom. The first-order chi connectivity index (χ1) is 8.01. The molecule has 0 radical (unpaired) electrons. The smallest absolute Gasteiger partial charge is 0.228 e. The van der Waals surface area contributed by atoms with Gasteiger partial charge in [0.25, 0.3) is 0 Å². The van der Waals surface area contributed by atoms with Crippen LogP contribution in [0.4, 0.5) is 14.5 Å². The third kappa shape index (κ3) is 3.00. The van der Waals surface area contributed by atoms with E-state index < -0.39 is 29.1 Å². The van der Waals surface area contributed by atoms with Crippen LogP contribution in [0.5, 0.6) is 0 Å². The molecule has 17 heavy (non-hydrogen) atoms. The Morgan fingerprint density at radius 2 is 2.12 bits per heavy atom. The highest BCUT2D eigenvalue weighted by Gasteiger charge is 2.19. The van der Waals surface area contributed by atoms with Gasteiger partial charge in [0.1, 0.15) is 11.5 Å². The fourth-order valence-electron chi connectivity index (χ4n) is 1.46. The Labute approximate surface area is 99.0 Å². The van der Waals surface area contributed by atoms with E-state index in [4.69, 9.17) is 5.73 Å². The van der Waals surface area contributed by atoms with Gasteiger partial charge in [-0.15, -0.1) is 0 Å². The molecule has 0 aliphatic carbocycles. The van der Waals surface area contributed by atoms with Gasteiger partial charge >= 0.3 is 0 Å². The predicted molar refractivity (Wildman–Crippen MR) is 62.6 cm³/mol. The molecule has 1 aromatic rings. The van der Waals surface area contributed by atoms with Crippen LogP contribution in [-0.2, 0) is 4.79 Å².